The summed E-state index contributed by atoms with van der Waals surface area (Å²) in [5.41, 5.74) is 0.220. The molecular formula is C16H21N5O3. The Kier molecular flexibility index (Phi) is 5.28. The van der Waals surface area contributed by atoms with E-state index in [4.69, 9.17) is 4.52 Å². The van der Waals surface area contributed by atoms with Crippen molar-refractivity contribution in [2.24, 2.45) is 5.41 Å². The van der Waals surface area contributed by atoms with Gasteiger partial charge in [0.15, 0.2) is 0 Å². The quantitative estimate of drug-likeness (QED) is 0.854. The predicted octanol–water partition coefficient (Wildman–Crippen LogP) is 1.30. The minimum absolute atomic E-state index is 0.0899. The lowest BCUT2D eigenvalue weighted by atomic mass is 9.95. The molecule has 8 heteroatoms. The molecule has 0 bridgehead atoms. The van der Waals surface area contributed by atoms with Gasteiger partial charge in [0.05, 0.1) is 6.54 Å². The van der Waals surface area contributed by atoms with Gasteiger partial charge in [-0.2, -0.15) is 4.98 Å². The highest BCUT2D eigenvalue weighted by molar-refractivity contribution is 5.89. The van der Waals surface area contributed by atoms with Crippen LogP contribution in [-0.2, 0) is 16.1 Å². The Balaban J connectivity index is 1.88. The van der Waals surface area contributed by atoms with E-state index in [0.717, 1.165) is 5.56 Å². The van der Waals surface area contributed by atoms with Crippen molar-refractivity contribution >= 4 is 11.8 Å². The molecule has 0 spiro atoms. The molecule has 0 saturated heterocycles. The van der Waals surface area contributed by atoms with Crippen molar-refractivity contribution < 1.29 is 14.1 Å². The molecule has 0 saturated carbocycles. The maximum Gasteiger partial charge on any atom is 0.246 e. The van der Waals surface area contributed by atoms with Crippen LogP contribution in [-0.4, -0.2) is 33.0 Å². The first kappa shape index (κ1) is 17.6. The molecule has 2 rings (SSSR count). The largest absolute Gasteiger partial charge is 0.345 e. The van der Waals surface area contributed by atoms with Crippen LogP contribution in [0.25, 0.3) is 11.4 Å². The Hall–Kier alpha value is -2.77. The Morgan fingerprint density at radius 2 is 1.92 bits per heavy atom. The van der Waals surface area contributed by atoms with Gasteiger partial charge >= 0.3 is 0 Å². The van der Waals surface area contributed by atoms with Crippen molar-refractivity contribution in [3.05, 3.63) is 30.4 Å². The van der Waals surface area contributed by atoms with Gasteiger partial charge in [0.2, 0.25) is 23.5 Å². The monoisotopic (exact) mass is 331 g/mol. The lowest BCUT2D eigenvalue weighted by Crippen LogP contribution is -2.48. The van der Waals surface area contributed by atoms with Gasteiger partial charge < -0.3 is 15.2 Å². The third-order valence-corrected chi connectivity index (χ3v) is 3.24. The molecule has 0 aliphatic heterocycles. The maximum absolute atomic E-state index is 12.0. The van der Waals surface area contributed by atoms with Gasteiger partial charge in [0, 0.05) is 23.4 Å². The van der Waals surface area contributed by atoms with Gasteiger partial charge in [0.1, 0.15) is 6.04 Å². The molecule has 2 heterocycles. The zero-order chi connectivity index (χ0) is 17.7. The van der Waals surface area contributed by atoms with E-state index in [1.165, 1.54) is 0 Å². The number of carbonyl (C=O) groups excluding carboxylic acids is 2. The minimum atomic E-state index is -0.653. The summed E-state index contributed by atoms with van der Waals surface area (Å²) < 4.78 is 5.10. The highest BCUT2D eigenvalue weighted by atomic mass is 16.5. The van der Waals surface area contributed by atoms with Gasteiger partial charge in [-0.3, -0.25) is 14.6 Å². The van der Waals surface area contributed by atoms with Crippen LogP contribution in [0.15, 0.2) is 29.0 Å². The van der Waals surface area contributed by atoms with E-state index in [1.807, 2.05) is 0 Å². The molecule has 0 radical (unpaired) electrons. The number of amides is 2. The number of nitrogens with zero attached hydrogens (tertiary/aromatic N) is 3. The fourth-order valence-corrected chi connectivity index (χ4v) is 1.74. The average Bonchev–Trinajstić information content (AvgIpc) is 3.01. The van der Waals surface area contributed by atoms with Gasteiger partial charge in [-0.05, 0) is 19.1 Å². The summed E-state index contributed by atoms with van der Waals surface area (Å²) in [6.07, 6.45) is 3.26. The lowest BCUT2D eigenvalue weighted by molar-refractivity contribution is -0.133. The number of rotatable bonds is 5. The van der Waals surface area contributed by atoms with E-state index in [9.17, 15) is 9.59 Å². The Morgan fingerprint density at radius 3 is 2.54 bits per heavy atom. The fraction of sp³-hybridized carbons (Fsp3) is 0.438. The summed E-state index contributed by atoms with van der Waals surface area (Å²) in [4.78, 5) is 32.0. The van der Waals surface area contributed by atoms with E-state index < -0.39 is 11.5 Å². The normalized spacial score (nSPS) is 12.5. The lowest BCUT2D eigenvalue weighted by Gasteiger charge is -2.21. The molecule has 2 N–H and O–H groups in total. The van der Waals surface area contributed by atoms with Crippen molar-refractivity contribution in [3.8, 4) is 11.4 Å². The van der Waals surface area contributed by atoms with Crippen LogP contribution in [0.5, 0.6) is 0 Å². The standard InChI is InChI=1S/C16H21N5O3/c1-10(19-15(23)16(2,3)4)14(22)18-9-12-20-13(21-24-12)11-5-7-17-8-6-11/h5-8,10H,9H2,1-4H3,(H,18,22)(H,19,23). The highest BCUT2D eigenvalue weighted by Crippen LogP contribution is 2.14. The van der Waals surface area contributed by atoms with E-state index in [1.54, 1.807) is 52.2 Å². The van der Waals surface area contributed by atoms with Crippen LogP contribution in [0.1, 0.15) is 33.6 Å². The van der Waals surface area contributed by atoms with Crippen molar-refractivity contribution in [2.45, 2.75) is 40.3 Å². The zero-order valence-electron chi connectivity index (χ0n) is 14.2. The molecule has 0 fully saturated rings. The van der Waals surface area contributed by atoms with Crippen LogP contribution < -0.4 is 10.6 Å². The molecule has 128 valence electrons. The van der Waals surface area contributed by atoms with Crippen molar-refractivity contribution in [1.82, 2.24) is 25.8 Å². The molecule has 0 aliphatic carbocycles. The summed E-state index contributed by atoms with van der Waals surface area (Å²) >= 11 is 0. The zero-order valence-corrected chi connectivity index (χ0v) is 14.2. The Labute approximate surface area is 140 Å². The topological polar surface area (TPSA) is 110 Å². The fourth-order valence-electron chi connectivity index (χ4n) is 1.74. The van der Waals surface area contributed by atoms with Crippen LogP contribution in [0.3, 0.4) is 0 Å². The predicted molar refractivity (Wildman–Crippen MR) is 86.4 cm³/mol. The van der Waals surface area contributed by atoms with Crippen LogP contribution in [0.2, 0.25) is 0 Å². The number of carbonyl (C=O) groups is 2. The van der Waals surface area contributed by atoms with Crippen LogP contribution in [0.4, 0.5) is 0 Å². The van der Waals surface area contributed by atoms with E-state index in [2.05, 4.69) is 25.8 Å². The number of pyridine rings is 1. The summed E-state index contributed by atoms with van der Waals surface area (Å²) in [6.45, 7) is 7.06. The van der Waals surface area contributed by atoms with Crippen molar-refractivity contribution in [1.29, 1.82) is 0 Å². The summed E-state index contributed by atoms with van der Waals surface area (Å²) in [7, 11) is 0. The Bertz CT molecular complexity index is 706. The number of nitrogens with one attached hydrogen (secondary N) is 2. The van der Waals surface area contributed by atoms with Gasteiger partial charge in [0.25, 0.3) is 0 Å². The van der Waals surface area contributed by atoms with Crippen molar-refractivity contribution in [3.63, 3.8) is 0 Å². The molecule has 1 atom stereocenters. The third kappa shape index (κ3) is 4.61. The number of hydrogen-bond donors (Lipinski definition) is 2. The molecule has 2 aromatic rings. The van der Waals surface area contributed by atoms with Crippen molar-refractivity contribution in [2.75, 3.05) is 0 Å². The molecule has 2 amide bonds. The van der Waals surface area contributed by atoms with Gasteiger partial charge in [-0.1, -0.05) is 25.9 Å². The summed E-state index contributed by atoms with van der Waals surface area (Å²) in [6, 6.07) is 2.87. The van der Waals surface area contributed by atoms with Gasteiger partial charge in [-0.15, -0.1) is 0 Å². The highest BCUT2D eigenvalue weighted by Gasteiger charge is 2.25. The summed E-state index contributed by atoms with van der Waals surface area (Å²) in [5, 5.41) is 9.18. The molecule has 0 aromatic carbocycles. The molecule has 1 unspecified atom stereocenters. The molecule has 2 aromatic heterocycles. The van der Waals surface area contributed by atoms with Crippen LogP contribution >= 0.6 is 0 Å². The molecule has 0 aliphatic rings. The van der Waals surface area contributed by atoms with E-state index in [-0.39, 0.29) is 24.2 Å². The van der Waals surface area contributed by atoms with E-state index >= 15 is 0 Å². The van der Waals surface area contributed by atoms with Crippen LogP contribution in [0, 0.1) is 5.41 Å². The first-order valence-corrected chi connectivity index (χ1v) is 7.59. The smallest absolute Gasteiger partial charge is 0.246 e. The first-order valence-electron chi connectivity index (χ1n) is 7.59. The SMILES string of the molecule is CC(NC(=O)C(C)(C)C)C(=O)NCc1nc(-c2ccncc2)no1. The van der Waals surface area contributed by atoms with E-state index in [0.29, 0.717) is 5.82 Å². The number of aromatic nitrogens is 3. The second-order valence-corrected chi connectivity index (χ2v) is 6.41. The second-order valence-electron chi connectivity index (χ2n) is 6.41. The average molecular weight is 331 g/mol. The maximum atomic E-state index is 12.0. The third-order valence-electron chi connectivity index (χ3n) is 3.24. The van der Waals surface area contributed by atoms with Gasteiger partial charge in [-0.25, -0.2) is 0 Å². The minimum Gasteiger partial charge on any atom is -0.345 e. The molecule has 8 nitrogen and oxygen atoms in total. The molecule has 24 heavy (non-hydrogen) atoms. The molecular weight excluding hydrogens is 310 g/mol. The number of hydrogen-bond acceptors (Lipinski definition) is 6. The summed E-state index contributed by atoms with van der Waals surface area (Å²) in [5.74, 6) is 0.194. The Morgan fingerprint density at radius 1 is 1.25 bits per heavy atom. The first-order chi connectivity index (χ1) is 11.3. The second kappa shape index (κ2) is 7.20.